The summed E-state index contributed by atoms with van der Waals surface area (Å²) in [6, 6.07) is 6.20. The second-order valence-electron chi connectivity index (χ2n) is 5.98. The SMILES string of the molecule is Cc1ccc(C)c2[nH]c(=O)c(C[NH2+]C[C@H]3CCCO3)cc12. The van der Waals surface area contributed by atoms with Gasteiger partial charge in [0.15, 0.2) is 0 Å². The molecular formula is C17H23N2O2+. The molecule has 0 bridgehead atoms. The van der Waals surface area contributed by atoms with E-state index in [0.29, 0.717) is 12.6 Å². The average molecular weight is 287 g/mol. The fourth-order valence-corrected chi connectivity index (χ4v) is 3.02. The van der Waals surface area contributed by atoms with Crippen molar-refractivity contribution in [1.29, 1.82) is 0 Å². The monoisotopic (exact) mass is 287 g/mol. The normalized spacial score (nSPS) is 18.5. The number of aryl methyl sites for hydroxylation is 2. The van der Waals surface area contributed by atoms with Crippen LogP contribution in [0.5, 0.6) is 0 Å². The minimum atomic E-state index is 0.0276. The van der Waals surface area contributed by atoms with Crippen LogP contribution in [0.3, 0.4) is 0 Å². The van der Waals surface area contributed by atoms with E-state index in [1.165, 1.54) is 5.56 Å². The van der Waals surface area contributed by atoms with Crippen molar-refractivity contribution in [3.8, 4) is 0 Å². The van der Waals surface area contributed by atoms with Gasteiger partial charge in [-0.2, -0.15) is 0 Å². The van der Waals surface area contributed by atoms with Crippen molar-refractivity contribution in [2.24, 2.45) is 0 Å². The second kappa shape index (κ2) is 6.00. The number of pyridine rings is 1. The highest BCUT2D eigenvalue weighted by Gasteiger charge is 2.17. The number of aromatic nitrogens is 1. The Morgan fingerprint density at radius 2 is 2.14 bits per heavy atom. The van der Waals surface area contributed by atoms with Gasteiger partial charge in [-0.15, -0.1) is 0 Å². The van der Waals surface area contributed by atoms with Gasteiger partial charge in [-0.25, -0.2) is 0 Å². The van der Waals surface area contributed by atoms with Gasteiger partial charge in [0.1, 0.15) is 19.2 Å². The molecule has 3 N–H and O–H groups in total. The van der Waals surface area contributed by atoms with Crippen LogP contribution in [0.15, 0.2) is 23.0 Å². The van der Waals surface area contributed by atoms with Gasteiger partial charge in [0.2, 0.25) is 0 Å². The molecule has 0 unspecified atom stereocenters. The molecule has 0 amide bonds. The summed E-state index contributed by atoms with van der Waals surface area (Å²) >= 11 is 0. The van der Waals surface area contributed by atoms with Gasteiger partial charge in [0.05, 0.1) is 11.1 Å². The predicted molar refractivity (Wildman–Crippen MR) is 83.5 cm³/mol. The van der Waals surface area contributed by atoms with Gasteiger partial charge >= 0.3 is 0 Å². The largest absolute Gasteiger partial charge is 0.372 e. The molecule has 112 valence electrons. The first-order valence-corrected chi connectivity index (χ1v) is 7.70. The Kier molecular flexibility index (Phi) is 4.08. The minimum absolute atomic E-state index is 0.0276. The smallest absolute Gasteiger partial charge is 0.257 e. The molecule has 1 aliphatic heterocycles. The van der Waals surface area contributed by atoms with E-state index >= 15 is 0 Å². The number of rotatable bonds is 4. The van der Waals surface area contributed by atoms with E-state index in [9.17, 15) is 4.79 Å². The third kappa shape index (κ3) is 3.01. The molecule has 0 saturated carbocycles. The molecule has 21 heavy (non-hydrogen) atoms. The molecule has 2 heterocycles. The second-order valence-corrected chi connectivity index (χ2v) is 5.98. The van der Waals surface area contributed by atoms with Crippen LogP contribution in [0.1, 0.15) is 29.5 Å². The molecule has 4 nitrogen and oxygen atoms in total. The van der Waals surface area contributed by atoms with Crippen LogP contribution in [0.4, 0.5) is 0 Å². The van der Waals surface area contributed by atoms with Crippen LogP contribution < -0.4 is 10.9 Å². The molecule has 1 aromatic heterocycles. The van der Waals surface area contributed by atoms with Gasteiger partial charge in [0, 0.05) is 12.0 Å². The summed E-state index contributed by atoms with van der Waals surface area (Å²) < 4.78 is 5.61. The fraction of sp³-hybridized carbons (Fsp3) is 0.471. The van der Waals surface area contributed by atoms with Gasteiger partial charge in [-0.05, 0) is 43.9 Å². The zero-order valence-corrected chi connectivity index (χ0v) is 12.7. The number of quaternary nitrogens is 1. The standard InChI is InChI=1S/C17H22N2O2/c1-11-5-6-12(2)16-15(11)8-13(17(20)19-16)9-18-10-14-4-3-7-21-14/h5-6,8,14,18H,3-4,7,9-10H2,1-2H3,(H,19,20)/p+1/t14-/m1/s1. The van der Waals surface area contributed by atoms with Crippen molar-refractivity contribution in [2.75, 3.05) is 13.2 Å². The lowest BCUT2D eigenvalue weighted by Gasteiger charge is -2.09. The average Bonchev–Trinajstić information content (AvgIpc) is 2.97. The van der Waals surface area contributed by atoms with Crippen LogP contribution >= 0.6 is 0 Å². The first-order valence-electron chi connectivity index (χ1n) is 7.70. The van der Waals surface area contributed by atoms with Gasteiger partial charge < -0.3 is 15.0 Å². The lowest BCUT2D eigenvalue weighted by atomic mass is 10.0. The van der Waals surface area contributed by atoms with Gasteiger partial charge in [0.25, 0.3) is 5.56 Å². The summed E-state index contributed by atoms with van der Waals surface area (Å²) in [5, 5.41) is 3.33. The first kappa shape index (κ1) is 14.3. The predicted octanol–water partition coefficient (Wildman–Crippen LogP) is 1.39. The molecule has 4 heteroatoms. The molecule has 0 spiro atoms. The maximum atomic E-state index is 12.2. The molecule has 2 aromatic rings. The zero-order valence-electron chi connectivity index (χ0n) is 12.7. The number of nitrogens with one attached hydrogen (secondary N) is 1. The van der Waals surface area contributed by atoms with Crippen molar-refractivity contribution in [1.82, 2.24) is 4.98 Å². The Balaban J connectivity index is 1.80. The van der Waals surface area contributed by atoms with Crippen molar-refractivity contribution >= 4 is 10.9 Å². The number of hydrogen-bond donors (Lipinski definition) is 2. The number of benzene rings is 1. The zero-order chi connectivity index (χ0) is 14.8. The molecule has 1 aliphatic rings. The highest BCUT2D eigenvalue weighted by Crippen LogP contribution is 2.19. The van der Waals surface area contributed by atoms with E-state index in [4.69, 9.17) is 4.74 Å². The first-order chi connectivity index (χ1) is 10.1. The number of aromatic amines is 1. The van der Waals surface area contributed by atoms with E-state index in [2.05, 4.69) is 29.4 Å². The molecule has 1 fully saturated rings. The Hall–Kier alpha value is -1.65. The van der Waals surface area contributed by atoms with E-state index in [-0.39, 0.29) is 5.56 Å². The molecular weight excluding hydrogens is 264 g/mol. The number of ether oxygens (including phenoxy) is 1. The molecule has 1 atom stereocenters. The topological polar surface area (TPSA) is 58.7 Å². The summed E-state index contributed by atoms with van der Waals surface area (Å²) in [4.78, 5) is 15.3. The molecule has 0 aliphatic carbocycles. The maximum Gasteiger partial charge on any atom is 0.257 e. The number of hydrogen-bond acceptors (Lipinski definition) is 2. The summed E-state index contributed by atoms with van der Waals surface area (Å²) in [7, 11) is 0. The Morgan fingerprint density at radius 3 is 2.90 bits per heavy atom. The Bertz CT molecular complexity index is 700. The Morgan fingerprint density at radius 1 is 1.33 bits per heavy atom. The van der Waals surface area contributed by atoms with E-state index in [1.54, 1.807) is 0 Å². The van der Waals surface area contributed by atoms with Crippen LogP contribution in [-0.2, 0) is 11.3 Å². The molecule has 1 aromatic carbocycles. The van der Waals surface area contributed by atoms with Gasteiger partial charge in [-0.1, -0.05) is 12.1 Å². The van der Waals surface area contributed by atoms with E-state index < -0.39 is 0 Å². The van der Waals surface area contributed by atoms with Crippen LogP contribution in [0.2, 0.25) is 0 Å². The van der Waals surface area contributed by atoms with Crippen molar-refractivity contribution in [3.63, 3.8) is 0 Å². The Labute approximate surface area is 124 Å². The quantitative estimate of drug-likeness (QED) is 0.892. The number of H-pyrrole nitrogens is 1. The lowest BCUT2D eigenvalue weighted by molar-refractivity contribution is -0.676. The van der Waals surface area contributed by atoms with Gasteiger partial charge in [-0.3, -0.25) is 4.79 Å². The van der Waals surface area contributed by atoms with E-state index in [0.717, 1.165) is 48.0 Å². The lowest BCUT2D eigenvalue weighted by Crippen LogP contribution is -2.85. The number of fused-ring (bicyclic) bond motifs is 1. The highest BCUT2D eigenvalue weighted by molar-refractivity contribution is 5.85. The highest BCUT2D eigenvalue weighted by atomic mass is 16.5. The molecule has 3 rings (SSSR count). The van der Waals surface area contributed by atoms with Crippen LogP contribution in [0, 0.1) is 13.8 Å². The van der Waals surface area contributed by atoms with Crippen LogP contribution in [-0.4, -0.2) is 24.2 Å². The fourth-order valence-electron chi connectivity index (χ4n) is 3.02. The summed E-state index contributed by atoms with van der Waals surface area (Å²) in [5.41, 5.74) is 4.15. The molecule has 1 saturated heterocycles. The maximum absolute atomic E-state index is 12.2. The summed E-state index contributed by atoms with van der Waals surface area (Å²) in [5.74, 6) is 0. The summed E-state index contributed by atoms with van der Waals surface area (Å²) in [6.45, 7) is 6.64. The number of nitrogens with two attached hydrogens (primary N) is 1. The molecule has 0 radical (unpaired) electrons. The third-order valence-electron chi connectivity index (χ3n) is 4.34. The third-order valence-corrected chi connectivity index (χ3v) is 4.34. The van der Waals surface area contributed by atoms with Crippen LogP contribution in [0.25, 0.3) is 10.9 Å². The summed E-state index contributed by atoms with van der Waals surface area (Å²) in [6.07, 6.45) is 2.66. The van der Waals surface area contributed by atoms with Crippen molar-refractivity contribution < 1.29 is 10.1 Å². The van der Waals surface area contributed by atoms with E-state index in [1.807, 2.05) is 13.0 Å². The minimum Gasteiger partial charge on any atom is -0.372 e. The van der Waals surface area contributed by atoms with Crippen molar-refractivity contribution in [3.05, 3.63) is 45.2 Å². The van der Waals surface area contributed by atoms with Crippen molar-refractivity contribution in [2.45, 2.75) is 39.3 Å².